The lowest BCUT2D eigenvalue weighted by Gasteiger charge is -2.19. The Morgan fingerprint density at radius 3 is 2.04 bits per heavy atom. The molecule has 1 heterocycles. The lowest BCUT2D eigenvalue weighted by Crippen LogP contribution is -2.27. The Labute approximate surface area is 138 Å². The Bertz CT molecular complexity index is 838. The highest BCUT2D eigenvalue weighted by Gasteiger charge is 2.34. The van der Waals surface area contributed by atoms with Crippen LogP contribution in [0.3, 0.4) is 0 Å². The van der Waals surface area contributed by atoms with E-state index in [1.807, 2.05) is 32.0 Å². The van der Waals surface area contributed by atoms with Gasteiger partial charge in [0.1, 0.15) is 17.1 Å². The highest BCUT2D eigenvalue weighted by Crippen LogP contribution is 2.30. The van der Waals surface area contributed by atoms with E-state index in [2.05, 4.69) is 15.3 Å². The topological polar surface area (TPSA) is 72.0 Å². The molecule has 23 heavy (non-hydrogen) atoms. The van der Waals surface area contributed by atoms with Gasteiger partial charge in [0.25, 0.3) is 0 Å². The summed E-state index contributed by atoms with van der Waals surface area (Å²) in [6.45, 7) is 3.97. The van der Waals surface area contributed by atoms with Gasteiger partial charge in [-0.25, -0.2) is 9.97 Å². The van der Waals surface area contributed by atoms with Crippen molar-refractivity contribution in [2.45, 2.75) is 13.8 Å². The lowest BCUT2D eigenvalue weighted by molar-refractivity contribution is 0.0975. The minimum absolute atomic E-state index is 0.0992. The average molecular weight is 325 g/mol. The molecular formula is C17H15N3O2S. The fourth-order valence-electron chi connectivity index (χ4n) is 2.61. The first-order valence-electron chi connectivity index (χ1n) is 7.05. The monoisotopic (exact) mass is 325 g/mol. The number of hydrogen-bond donors (Lipinski definition) is 1. The molecule has 1 aromatic carbocycles. The molecule has 116 valence electrons. The van der Waals surface area contributed by atoms with Gasteiger partial charge in [0.2, 0.25) is 11.6 Å². The van der Waals surface area contributed by atoms with Crippen molar-refractivity contribution in [1.29, 1.82) is 0 Å². The molecule has 0 fully saturated rings. The molecule has 1 aromatic heterocycles. The Balaban J connectivity index is 2.09. The zero-order valence-corrected chi connectivity index (χ0v) is 13.8. The van der Waals surface area contributed by atoms with Gasteiger partial charge in [0.15, 0.2) is 0 Å². The number of Topliss-reactive ketones (excluding diaryl/α,β-unsaturated/α-hetero) is 2. The average Bonchev–Trinajstić information content (AvgIpc) is 2.52. The second-order valence-electron chi connectivity index (χ2n) is 5.32. The van der Waals surface area contributed by atoms with E-state index in [1.165, 1.54) is 24.2 Å². The van der Waals surface area contributed by atoms with Crippen LogP contribution in [0.2, 0.25) is 0 Å². The van der Waals surface area contributed by atoms with Crippen molar-refractivity contribution in [2.75, 3.05) is 11.6 Å². The van der Waals surface area contributed by atoms with Gasteiger partial charge in [-0.1, -0.05) is 6.07 Å². The molecule has 0 saturated carbocycles. The number of aromatic nitrogens is 2. The number of carbonyl (C=O) groups is 2. The first-order chi connectivity index (χ1) is 11.0. The fourth-order valence-corrected chi connectivity index (χ4v) is 3.24. The molecule has 0 bridgehead atoms. The number of thioether (sulfide) groups is 1. The van der Waals surface area contributed by atoms with E-state index in [0.717, 1.165) is 16.8 Å². The first kappa shape index (κ1) is 15.4. The lowest BCUT2D eigenvalue weighted by atomic mass is 10.0. The van der Waals surface area contributed by atoms with Crippen LogP contribution >= 0.6 is 11.8 Å². The Morgan fingerprint density at radius 1 is 0.913 bits per heavy atom. The van der Waals surface area contributed by atoms with Gasteiger partial charge in [0, 0.05) is 18.1 Å². The molecule has 0 aliphatic heterocycles. The molecule has 6 heteroatoms. The van der Waals surface area contributed by atoms with Crippen LogP contribution in [0.4, 0.5) is 5.69 Å². The van der Waals surface area contributed by atoms with Crippen LogP contribution in [0.15, 0.2) is 41.2 Å². The molecular weight excluding hydrogens is 310 g/mol. The van der Waals surface area contributed by atoms with Crippen LogP contribution in [0.1, 0.15) is 32.1 Å². The third-order valence-electron chi connectivity index (χ3n) is 3.48. The summed E-state index contributed by atoms with van der Waals surface area (Å²) in [6.07, 6.45) is 4.61. The maximum atomic E-state index is 12.7. The molecule has 0 spiro atoms. The van der Waals surface area contributed by atoms with Crippen LogP contribution in [-0.2, 0) is 0 Å². The van der Waals surface area contributed by atoms with E-state index >= 15 is 0 Å². The smallest absolute Gasteiger partial charge is 0.231 e. The summed E-state index contributed by atoms with van der Waals surface area (Å²) >= 11 is 1.24. The third-order valence-corrected chi connectivity index (χ3v) is 4.28. The minimum atomic E-state index is -0.309. The van der Waals surface area contributed by atoms with E-state index in [-0.39, 0.29) is 28.7 Å². The number of nitrogens with zero attached hydrogens (tertiary/aromatic N) is 2. The number of fused-ring (bicyclic) bond motifs is 1. The number of hydrogen-bond acceptors (Lipinski definition) is 6. The number of nitrogens with one attached hydrogen (secondary N) is 1. The maximum absolute atomic E-state index is 12.7. The molecule has 0 radical (unpaired) electrons. The van der Waals surface area contributed by atoms with Gasteiger partial charge < -0.3 is 5.32 Å². The number of rotatable bonds is 3. The van der Waals surface area contributed by atoms with Crippen molar-refractivity contribution in [1.82, 2.24) is 9.97 Å². The third kappa shape index (κ3) is 2.77. The second-order valence-corrected chi connectivity index (χ2v) is 6.14. The Hall–Kier alpha value is -2.47. The Kier molecular flexibility index (Phi) is 4.00. The summed E-state index contributed by atoms with van der Waals surface area (Å²) < 4.78 is 0. The van der Waals surface area contributed by atoms with E-state index in [0.29, 0.717) is 4.91 Å². The zero-order chi connectivity index (χ0) is 16.6. The predicted octanol–water partition coefficient (Wildman–Crippen LogP) is 3.16. The fraction of sp³-hybridized carbons (Fsp3) is 0.176. The quantitative estimate of drug-likeness (QED) is 0.934. The predicted molar refractivity (Wildman–Crippen MR) is 90.8 cm³/mol. The van der Waals surface area contributed by atoms with E-state index in [9.17, 15) is 9.59 Å². The van der Waals surface area contributed by atoms with E-state index in [4.69, 9.17) is 0 Å². The van der Waals surface area contributed by atoms with Crippen LogP contribution in [0.5, 0.6) is 0 Å². The van der Waals surface area contributed by atoms with Crippen molar-refractivity contribution < 1.29 is 9.59 Å². The van der Waals surface area contributed by atoms with Gasteiger partial charge in [0.05, 0.1) is 4.91 Å². The molecule has 1 N–H and O–H groups in total. The highest BCUT2D eigenvalue weighted by molar-refractivity contribution is 8.03. The summed E-state index contributed by atoms with van der Waals surface area (Å²) in [5.74, 6) is -0.580. The number of benzene rings is 1. The van der Waals surface area contributed by atoms with Crippen molar-refractivity contribution in [2.24, 2.45) is 0 Å². The number of ketones is 2. The van der Waals surface area contributed by atoms with Crippen molar-refractivity contribution in [3.05, 3.63) is 63.7 Å². The van der Waals surface area contributed by atoms with Gasteiger partial charge >= 0.3 is 0 Å². The Morgan fingerprint density at radius 2 is 1.48 bits per heavy atom. The molecule has 2 aromatic rings. The molecule has 0 atom stereocenters. The highest BCUT2D eigenvalue weighted by atomic mass is 32.2. The summed E-state index contributed by atoms with van der Waals surface area (Å²) in [5.41, 5.74) is 3.41. The van der Waals surface area contributed by atoms with Crippen molar-refractivity contribution in [3.63, 3.8) is 0 Å². The van der Waals surface area contributed by atoms with Crippen LogP contribution in [0, 0.1) is 13.8 Å². The first-order valence-corrected chi connectivity index (χ1v) is 8.27. The largest absolute Gasteiger partial charge is 0.351 e. The summed E-state index contributed by atoms with van der Waals surface area (Å²) in [6, 6.07) is 5.91. The summed E-state index contributed by atoms with van der Waals surface area (Å²) in [4.78, 5) is 33.7. The zero-order valence-electron chi connectivity index (χ0n) is 13.0. The van der Waals surface area contributed by atoms with Crippen LogP contribution in [0.25, 0.3) is 0 Å². The van der Waals surface area contributed by atoms with Crippen molar-refractivity contribution >= 4 is 29.0 Å². The molecule has 0 amide bonds. The van der Waals surface area contributed by atoms with Crippen molar-refractivity contribution in [3.8, 4) is 0 Å². The van der Waals surface area contributed by atoms with Gasteiger partial charge in [-0.05, 0) is 43.4 Å². The van der Waals surface area contributed by atoms with Gasteiger partial charge in [-0.3, -0.25) is 9.59 Å². The molecule has 1 aliphatic rings. The molecule has 3 rings (SSSR count). The second kappa shape index (κ2) is 5.96. The van der Waals surface area contributed by atoms with Crippen LogP contribution in [-0.4, -0.2) is 27.8 Å². The van der Waals surface area contributed by atoms with Gasteiger partial charge in [-0.2, -0.15) is 0 Å². The number of anilines is 1. The summed E-state index contributed by atoms with van der Waals surface area (Å²) in [5, 5.41) is 3.11. The normalized spacial score (nSPS) is 14.0. The molecule has 1 aliphatic carbocycles. The number of allylic oxidation sites excluding steroid dienone is 2. The SMILES string of the molecule is CSC1=C(Nc2cc(C)cc(C)c2)C(=O)c2nccnc2C1=O. The standard InChI is InChI=1S/C17H15N3O2S/c1-9-6-10(2)8-11(7-9)20-14-15(21)12-13(19-5-4-18-12)16(22)17(14)23-3/h4-8,20H,1-3H3. The van der Waals surface area contributed by atoms with Crippen LogP contribution < -0.4 is 5.32 Å². The molecule has 0 unspecified atom stereocenters. The van der Waals surface area contributed by atoms with Gasteiger partial charge in [-0.15, -0.1) is 11.8 Å². The number of carbonyl (C=O) groups excluding carboxylic acids is 2. The summed E-state index contributed by atoms with van der Waals surface area (Å²) in [7, 11) is 0. The molecule has 0 saturated heterocycles. The molecule has 5 nitrogen and oxygen atoms in total. The minimum Gasteiger partial charge on any atom is -0.351 e. The van der Waals surface area contributed by atoms with E-state index < -0.39 is 0 Å². The maximum Gasteiger partial charge on any atom is 0.231 e. The van der Waals surface area contributed by atoms with E-state index in [1.54, 1.807) is 6.26 Å². The number of aryl methyl sites for hydroxylation is 2.